The highest BCUT2D eigenvalue weighted by Crippen LogP contribution is 2.39. The molecular weight excluding hydrogens is 1910 g/mol. The molecule has 10 N–H and O–H groups in total. The van der Waals surface area contributed by atoms with Crippen LogP contribution in [0.15, 0.2) is 198 Å². The predicted molar refractivity (Wildman–Crippen MR) is 489 cm³/mol. The van der Waals surface area contributed by atoms with Crippen molar-refractivity contribution >= 4 is 154 Å². The zero-order valence-electron chi connectivity index (χ0n) is 71.8. The van der Waals surface area contributed by atoms with Crippen molar-refractivity contribution in [3.8, 4) is 11.3 Å². The number of hydrogen-bond acceptors (Lipinski definition) is 23. The number of fused-ring (bicyclic) bond motifs is 2. The van der Waals surface area contributed by atoms with E-state index in [4.69, 9.17) is 46.2 Å². The molecular formula is C87H94BBr2F6IN20O11. The van der Waals surface area contributed by atoms with Gasteiger partial charge in [0, 0.05) is 82.2 Å². The largest absolute Gasteiger partial charge is 0.478 e. The van der Waals surface area contributed by atoms with Gasteiger partial charge in [0.2, 0.25) is 0 Å². The lowest BCUT2D eigenvalue weighted by Gasteiger charge is -2.32. The van der Waals surface area contributed by atoms with Crippen molar-refractivity contribution in [1.29, 1.82) is 0 Å². The van der Waals surface area contributed by atoms with Gasteiger partial charge in [0.05, 0.1) is 50.7 Å². The lowest BCUT2D eigenvalue weighted by atomic mass is 9.90. The molecule has 0 radical (unpaired) electrons. The average Bonchev–Trinajstić information content (AvgIpc) is 1.62. The Hall–Kier alpha value is -12.3. The third-order valence-corrected chi connectivity index (χ3v) is 20.9. The number of pyridine rings is 4. The fourth-order valence-corrected chi connectivity index (χ4v) is 13.6. The molecule has 12 aromatic rings. The Morgan fingerprint density at radius 3 is 1.28 bits per heavy atom. The van der Waals surface area contributed by atoms with E-state index in [9.17, 15) is 55.1 Å². The highest BCUT2D eigenvalue weighted by atomic mass is 127. The summed E-state index contributed by atoms with van der Waals surface area (Å²) in [4.78, 5) is 107. The van der Waals surface area contributed by atoms with Crippen molar-refractivity contribution in [2.24, 2.45) is 0 Å². The first-order valence-corrected chi connectivity index (χ1v) is 42.1. The molecule has 0 unspecified atom stereocenters. The standard InChI is InChI=1S/C27H30N8O3.C14H19IN6O2.C13H8BrF3N2O.C13H9F3N2O.C7H15BO2.C7H5BrO2.C6H8N2/c1-16-9-11-29-20(13-16)32-25(36)18-7-5-17(6-8-18)22-21-23(28)30-15-31-24(21)35(33-22)19-10-12-34(14-19)26(37)38-27(2,3)4;1-14(2,3)23-13(22)20-5-4-8(6-20)21-12-9(10(15)19-21)11(16)17-7-18-12;14-10-3-1-8(2-4-10)12(20)19-11-7-9(5-6-18-11)13(15,16)17;14-13(15,16)10-6-7-17-11(8-10)18-12(19)9-4-2-1-3-5-9;1-6(2)7(3,4)10-8(5)9-6;8-6-3-1-5(2-4-6)7(9)10;1-5-2-3-8-6(7)4-5/h5-9,11,13,15,19H,10,12,14H2,1-4H3,(H2,28,30,31)(H,29,32,36);7-8H,4-6H2,1-3H3,(H2,16,17,18);1-7H,(H,18,19,20);1-8H,(H,17,18,19);1-5H3;1-4H,(H,9,10);2-4H,1H3,(H2,7,8)/t19-;8-;;;;;/m11...../s1. The number of carboxylic acid groups (broad SMARTS) is 1. The number of carboxylic acids is 1. The molecule has 41 heteroatoms. The van der Waals surface area contributed by atoms with Crippen LogP contribution in [0.4, 0.5) is 70.8 Å². The SMILES string of the molecule is CB1OC(C)(C)C(C)(C)O1.CC(C)(C)OC(=O)N1CC[C@@H](n2nc(I)c3c(N)ncnc32)C1.Cc1ccnc(N)c1.Cc1ccnc(NC(=O)c2ccc(-c3nn([C@@H]4CCN(C(=O)OC(C)(C)C)C4)c4ncnc(N)c34)cc2)c1.O=C(Nc1cc(C(F)(F)F)ccn1)c1ccc(Br)cc1.O=C(Nc1cc(C(F)(F)F)ccn1)c1ccccc1.O=C(O)c1ccc(Br)cc1. The summed E-state index contributed by atoms with van der Waals surface area (Å²) >= 11 is 8.56. The fourth-order valence-electron chi connectivity index (χ4n) is 12.3. The third kappa shape index (κ3) is 28.6. The summed E-state index contributed by atoms with van der Waals surface area (Å²) in [5.74, 6) is -0.657. The van der Waals surface area contributed by atoms with Crippen molar-refractivity contribution in [3.05, 3.63) is 246 Å². The second-order valence-corrected chi connectivity index (χ2v) is 34.8. The molecule has 15 rings (SSSR count). The van der Waals surface area contributed by atoms with Crippen molar-refractivity contribution in [2.45, 2.75) is 150 Å². The first-order chi connectivity index (χ1) is 60.0. The summed E-state index contributed by atoms with van der Waals surface area (Å²) in [6, 6.07) is 38.8. The van der Waals surface area contributed by atoms with Crippen molar-refractivity contribution < 1.29 is 79.0 Å². The minimum atomic E-state index is -4.47. The Kier molecular flexibility index (Phi) is 33.4. The molecule has 8 aromatic heterocycles. The summed E-state index contributed by atoms with van der Waals surface area (Å²) in [6.07, 6.45) is 0.129. The summed E-state index contributed by atoms with van der Waals surface area (Å²) in [7, 11) is -0.0648. The van der Waals surface area contributed by atoms with Crippen molar-refractivity contribution in [2.75, 3.05) is 59.3 Å². The number of nitrogens with one attached hydrogen (secondary N) is 3. The van der Waals surface area contributed by atoms with Crippen LogP contribution in [0.3, 0.4) is 0 Å². The van der Waals surface area contributed by atoms with Gasteiger partial charge in [-0.3, -0.25) is 14.4 Å². The number of anilines is 6. The number of benzene rings is 4. The Morgan fingerprint density at radius 1 is 0.508 bits per heavy atom. The number of rotatable bonds is 10. The zero-order chi connectivity index (χ0) is 94.0. The molecule has 3 aliphatic heterocycles. The lowest BCUT2D eigenvalue weighted by molar-refractivity contribution is -0.138. The molecule has 0 aliphatic carbocycles. The number of aromatic carboxylic acids is 1. The van der Waals surface area contributed by atoms with E-state index in [-0.39, 0.29) is 60.1 Å². The monoisotopic (exact) mass is 2000 g/mol. The topological polar surface area (TPSA) is 419 Å². The number of carbonyl (C=O) groups excluding carboxylic acids is 5. The maximum atomic E-state index is 12.7. The van der Waals surface area contributed by atoms with Crippen LogP contribution >= 0.6 is 54.5 Å². The minimum absolute atomic E-state index is 0.0582. The number of ether oxygens (including phenoxy) is 2. The number of likely N-dealkylation sites (tertiary alicyclic amines) is 2. The van der Waals surface area contributed by atoms with Gasteiger partial charge in [0.25, 0.3) is 17.7 Å². The smallest absolute Gasteiger partial charge is 0.454 e. The summed E-state index contributed by atoms with van der Waals surface area (Å²) < 4.78 is 103. The lowest BCUT2D eigenvalue weighted by Crippen LogP contribution is -2.41. The van der Waals surface area contributed by atoms with Gasteiger partial charge >= 0.3 is 37.6 Å². The van der Waals surface area contributed by atoms with Gasteiger partial charge < -0.3 is 66.8 Å². The van der Waals surface area contributed by atoms with Crippen LogP contribution in [0.2, 0.25) is 6.82 Å². The van der Waals surface area contributed by atoms with Gasteiger partial charge in [0.15, 0.2) is 11.3 Å². The molecule has 5 amide bonds. The van der Waals surface area contributed by atoms with E-state index in [2.05, 4.69) is 143 Å². The van der Waals surface area contributed by atoms with Gasteiger partial charge in [0.1, 0.15) is 68.2 Å². The number of nitrogens with zero attached hydrogens (tertiary/aromatic N) is 14. The van der Waals surface area contributed by atoms with E-state index in [0.717, 1.165) is 77.8 Å². The van der Waals surface area contributed by atoms with Crippen molar-refractivity contribution in [3.63, 3.8) is 0 Å². The normalized spacial score (nSPS) is 14.9. The van der Waals surface area contributed by atoms with Crippen LogP contribution in [0.1, 0.15) is 158 Å². The number of hydrogen-bond donors (Lipinski definition) is 7. The molecule has 0 saturated carbocycles. The van der Waals surface area contributed by atoms with Gasteiger partial charge in [-0.1, -0.05) is 62.2 Å². The summed E-state index contributed by atoms with van der Waals surface area (Å²) in [5, 5.41) is 26.7. The summed E-state index contributed by atoms with van der Waals surface area (Å²) in [6.45, 7) is 27.4. The molecule has 3 aliphatic rings. The summed E-state index contributed by atoms with van der Waals surface area (Å²) in [5.41, 5.74) is 20.7. The Labute approximate surface area is 764 Å². The number of amides is 5. The number of nitrogens with two attached hydrogens (primary N) is 3. The molecule has 31 nitrogen and oxygen atoms in total. The van der Waals surface area contributed by atoms with E-state index in [1.165, 1.54) is 12.7 Å². The van der Waals surface area contributed by atoms with Crippen molar-refractivity contribution in [1.82, 2.24) is 69.2 Å². The van der Waals surface area contributed by atoms with E-state index >= 15 is 0 Å². The van der Waals surface area contributed by atoms with E-state index in [1.807, 2.05) is 102 Å². The Balaban J connectivity index is 0.000000179. The van der Waals surface area contributed by atoms with Crippen LogP contribution in [0.25, 0.3) is 33.3 Å². The van der Waals surface area contributed by atoms with Gasteiger partial charge in [-0.2, -0.15) is 36.5 Å². The molecule has 128 heavy (non-hydrogen) atoms. The second-order valence-electron chi connectivity index (χ2n) is 32.0. The number of aromatic nitrogens is 12. The van der Waals surface area contributed by atoms with Crippen LogP contribution in [-0.2, 0) is 31.1 Å². The molecule has 3 fully saturated rings. The number of halogens is 9. The first kappa shape index (κ1) is 99.4. The molecule has 4 aromatic carbocycles. The Bertz CT molecular complexity index is 5840. The highest BCUT2D eigenvalue weighted by molar-refractivity contribution is 14.1. The minimum Gasteiger partial charge on any atom is -0.478 e. The zero-order valence-corrected chi connectivity index (χ0v) is 77.1. The molecule has 11 heterocycles. The number of aryl methyl sites for hydroxylation is 2. The number of alkyl halides is 6. The van der Waals surface area contributed by atoms with E-state index in [1.54, 1.807) is 119 Å². The molecule has 0 spiro atoms. The maximum absolute atomic E-state index is 12.7. The van der Waals surface area contributed by atoms with Crippen LogP contribution < -0.4 is 33.2 Å². The molecule has 3 saturated heterocycles. The first-order valence-electron chi connectivity index (χ1n) is 39.5. The van der Waals surface area contributed by atoms with E-state index < -0.39 is 52.5 Å². The van der Waals surface area contributed by atoms with Crippen LogP contribution in [0, 0.1) is 17.5 Å². The van der Waals surface area contributed by atoms with Gasteiger partial charge in [-0.15, -0.1) is 0 Å². The number of nitrogen functional groups attached to an aromatic ring is 3. The molecule has 674 valence electrons. The predicted octanol–water partition coefficient (Wildman–Crippen LogP) is 18.7. The quantitative estimate of drug-likeness (QED) is 0.0380. The van der Waals surface area contributed by atoms with Gasteiger partial charge in [-0.25, -0.2) is 63.6 Å². The average molecular weight is 2010 g/mol. The molecule has 2 atom stereocenters. The molecule has 0 bridgehead atoms. The van der Waals surface area contributed by atoms with Crippen LogP contribution in [-0.4, -0.2) is 166 Å². The second kappa shape index (κ2) is 43.0. The third-order valence-electron chi connectivity index (χ3n) is 19.1. The van der Waals surface area contributed by atoms with Gasteiger partial charge in [-0.05, 0) is 258 Å². The van der Waals surface area contributed by atoms with Crippen LogP contribution in [0.5, 0.6) is 0 Å². The highest BCUT2D eigenvalue weighted by Gasteiger charge is 2.49. The number of carbonyl (C=O) groups is 6. The van der Waals surface area contributed by atoms with E-state index in [0.29, 0.717) is 100 Å². The maximum Gasteiger partial charge on any atom is 0.454 e. The Morgan fingerprint density at radius 2 is 0.891 bits per heavy atom. The fraction of sp³-hybridized carbons (Fsp3) is 0.310.